The molecule has 17 heavy (non-hydrogen) atoms. The number of carbonyl (C=O) groups is 1. The number of hydrogen-bond acceptors (Lipinski definition) is 2. The van der Waals surface area contributed by atoms with Crippen LogP contribution in [0.3, 0.4) is 0 Å². The molecule has 0 aliphatic rings. The first-order valence-corrected chi connectivity index (χ1v) is 6.22. The number of rotatable bonds is 3. The van der Waals surface area contributed by atoms with Crippen molar-refractivity contribution in [1.82, 2.24) is 0 Å². The second kappa shape index (κ2) is 5.17. The summed E-state index contributed by atoms with van der Waals surface area (Å²) in [5.41, 5.74) is 1.80. The molecule has 0 saturated carbocycles. The normalized spacial score (nSPS) is 11.5. The molecule has 0 spiro atoms. The SMILES string of the molecule is O=C(O)/C(=C\c1ccsc1)c1ccc(Cl)cc1. The highest BCUT2D eigenvalue weighted by molar-refractivity contribution is 7.08. The van der Waals surface area contributed by atoms with Gasteiger partial charge in [-0.1, -0.05) is 23.7 Å². The second-order valence-electron chi connectivity index (χ2n) is 3.43. The van der Waals surface area contributed by atoms with Gasteiger partial charge in [-0.3, -0.25) is 0 Å². The Kier molecular flexibility index (Phi) is 3.61. The molecule has 0 bridgehead atoms. The van der Waals surface area contributed by atoms with Gasteiger partial charge in [0, 0.05) is 5.02 Å². The van der Waals surface area contributed by atoms with E-state index in [1.54, 1.807) is 30.3 Å². The number of benzene rings is 1. The lowest BCUT2D eigenvalue weighted by atomic mass is 10.0. The van der Waals surface area contributed by atoms with Gasteiger partial charge in [0.1, 0.15) is 0 Å². The maximum atomic E-state index is 11.2. The fourth-order valence-corrected chi connectivity index (χ4v) is 2.17. The van der Waals surface area contributed by atoms with Gasteiger partial charge >= 0.3 is 5.97 Å². The molecule has 4 heteroatoms. The lowest BCUT2D eigenvalue weighted by Crippen LogP contribution is -1.99. The molecule has 2 nitrogen and oxygen atoms in total. The topological polar surface area (TPSA) is 37.3 Å². The lowest BCUT2D eigenvalue weighted by molar-refractivity contribution is -0.130. The minimum atomic E-state index is -0.946. The summed E-state index contributed by atoms with van der Waals surface area (Å²) in [5, 5.41) is 13.6. The molecule has 1 heterocycles. The molecule has 86 valence electrons. The zero-order valence-electron chi connectivity index (χ0n) is 8.76. The van der Waals surface area contributed by atoms with Gasteiger partial charge in [-0.25, -0.2) is 4.79 Å². The third-order valence-corrected chi connectivity index (χ3v) is 3.19. The van der Waals surface area contributed by atoms with Gasteiger partial charge in [-0.05, 0) is 46.2 Å². The second-order valence-corrected chi connectivity index (χ2v) is 4.64. The minimum Gasteiger partial charge on any atom is -0.478 e. The van der Waals surface area contributed by atoms with E-state index in [0.29, 0.717) is 10.6 Å². The van der Waals surface area contributed by atoms with Crippen LogP contribution in [-0.4, -0.2) is 11.1 Å². The Hall–Kier alpha value is -1.58. The van der Waals surface area contributed by atoms with Crippen molar-refractivity contribution in [2.24, 2.45) is 0 Å². The average Bonchev–Trinajstić information content (AvgIpc) is 2.80. The molecule has 1 aromatic heterocycles. The first kappa shape index (κ1) is 11.9. The Bertz CT molecular complexity index is 541. The van der Waals surface area contributed by atoms with Crippen molar-refractivity contribution in [3.8, 4) is 0 Å². The van der Waals surface area contributed by atoms with Crippen LogP contribution in [0.4, 0.5) is 0 Å². The van der Waals surface area contributed by atoms with Crippen LogP contribution >= 0.6 is 22.9 Å². The number of thiophene rings is 1. The highest BCUT2D eigenvalue weighted by atomic mass is 35.5. The van der Waals surface area contributed by atoms with E-state index in [-0.39, 0.29) is 5.57 Å². The van der Waals surface area contributed by atoms with E-state index in [9.17, 15) is 9.90 Å². The first-order chi connectivity index (χ1) is 8.16. The molecule has 0 amide bonds. The van der Waals surface area contributed by atoms with E-state index in [1.807, 2.05) is 16.8 Å². The Labute approximate surface area is 108 Å². The molecular weight excluding hydrogens is 256 g/mol. The number of carboxylic acid groups (broad SMARTS) is 1. The third kappa shape index (κ3) is 2.96. The van der Waals surface area contributed by atoms with Crippen LogP contribution in [0.5, 0.6) is 0 Å². The summed E-state index contributed by atoms with van der Waals surface area (Å²) < 4.78 is 0. The fourth-order valence-electron chi connectivity index (χ4n) is 1.42. The predicted octanol–water partition coefficient (Wildman–Crippen LogP) is 4.03. The summed E-state index contributed by atoms with van der Waals surface area (Å²) in [5.74, 6) is -0.946. The highest BCUT2D eigenvalue weighted by Crippen LogP contribution is 2.21. The monoisotopic (exact) mass is 264 g/mol. The maximum Gasteiger partial charge on any atom is 0.336 e. The largest absolute Gasteiger partial charge is 0.478 e. The zero-order valence-corrected chi connectivity index (χ0v) is 10.3. The molecule has 0 atom stereocenters. The van der Waals surface area contributed by atoms with E-state index >= 15 is 0 Å². The first-order valence-electron chi connectivity index (χ1n) is 4.90. The summed E-state index contributed by atoms with van der Waals surface area (Å²) in [6.07, 6.45) is 1.65. The summed E-state index contributed by atoms with van der Waals surface area (Å²) in [6.45, 7) is 0. The molecule has 2 aromatic rings. The summed E-state index contributed by atoms with van der Waals surface area (Å²) in [6, 6.07) is 8.65. The number of aliphatic carboxylic acids is 1. The van der Waals surface area contributed by atoms with Gasteiger partial charge in [-0.2, -0.15) is 11.3 Å². The highest BCUT2D eigenvalue weighted by Gasteiger charge is 2.10. The quantitative estimate of drug-likeness (QED) is 0.850. The fraction of sp³-hybridized carbons (Fsp3) is 0. The van der Waals surface area contributed by atoms with Crippen molar-refractivity contribution in [3.05, 3.63) is 57.2 Å². The zero-order chi connectivity index (χ0) is 12.3. The minimum absolute atomic E-state index is 0.264. The molecule has 2 rings (SSSR count). The van der Waals surface area contributed by atoms with Gasteiger partial charge in [0.15, 0.2) is 0 Å². The Morgan fingerprint density at radius 1 is 1.24 bits per heavy atom. The van der Waals surface area contributed by atoms with E-state index in [0.717, 1.165) is 5.56 Å². The van der Waals surface area contributed by atoms with E-state index in [2.05, 4.69) is 0 Å². The van der Waals surface area contributed by atoms with Crippen molar-refractivity contribution in [3.63, 3.8) is 0 Å². The summed E-state index contributed by atoms with van der Waals surface area (Å²) in [7, 11) is 0. The van der Waals surface area contributed by atoms with Crippen LogP contribution in [-0.2, 0) is 4.79 Å². The predicted molar refractivity (Wildman–Crippen MR) is 71.3 cm³/mol. The lowest BCUT2D eigenvalue weighted by Gasteiger charge is -2.02. The van der Waals surface area contributed by atoms with Gasteiger partial charge in [-0.15, -0.1) is 0 Å². The standard InChI is InChI=1S/C13H9ClO2S/c14-11-3-1-10(2-4-11)12(13(15)16)7-9-5-6-17-8-9/h1-8H,(H,15,16)/b12-7-. The van der Waals surface area contributed by atoms with Crippen molar-refractivity contribution in [2.75, 3.05) is 0 Å². The average molecular weight is 265 g/mol. The molecule has 0 aliphatic carbocycles. The summed E-state index contributed by atoms with van der Waals surface area (Å²) in [4.78, 5) is 11.2. The van der Waals surface area contributed by atoms with E-state index < -0.39 is 5.97 Å². The molecule has 0 fully saturated rings. The Morgan fingerprint density at radius 2 is 1.94 bits per heavy atom. The van der Waals surface area contributed by atoms with Crippen LogP contribution in [0.15, 0.2) is 41.1 Å². The van der Waals surface area contributed by atoms with Crippen molar-refractivity contribution in [2.45, 2.75) is 0 Å². The molecule has 0 radical (unpaired) electrons. The molecule has 0 unspecified atom stereocenters. The van der Waals surface area contributed by atoms with Gasteiger partial charge < -0.3 is 5.11 Å². The molecule has 0 saturated heterocycles. The van der Waals surface area contributed by atoms with Crippen molar-refractivity contribution >= 4 is 40.6 Å². The molecular formula is C13H9ClO2S. The number of hydrogen-bond donors (Lipinski definition) is 1. The van der Waals surface area contributed by atoms with Crippen molar-refractivity contribution < 1.29 is 9.90 Å². The smallest absolute Gasteiger partial charge is 0.336 e. The third-order valence-electron chi connectivity index (χ3n) is 2.24. The van der Waals surface area contributed by atoms with Crippen LogP contribution in [0, 0.1) is 0 Å². The number of halogens is 1. The van der Waals surface area contributed by atoms with Crippen LogP contribution in [0.1, 0.15) is 11.1 Å². The summed E-state index contributed by atoms with van der Waals surface area (Å²) >= 11 is 7.31. The maximum absolute atomic E-state index is 11.2. The Morgan fingerprint density at radius 3 is 2.47 bits per heavy atom. The van der Waals surface area contributed by atoms with Crippen LogP contribution in [0.25, 0.3) is 11.6 Å². The molecule has 1 aromatic carbocycles. The van der Waals surface area contributed by atoms with E-state index in [1.165, 1.54) is 11.3 Å². The number of carboxylic acids is 1. The van der Waals surface area contributed by atoms with Gasteiger partial charge in [0.25, 0.3) is 0 Å². The van der Waals surface area contributed by atoms with Gasteiger partial charge in [0.2, 0.25) is 0 Å². The van der Waals surface area contributed by atoms with E-state index in [4.69, 9.17) is 11.6 Å². The molecule has 1 N–H and O–H groups in total. The van der Waals surface area contributed by atoms with Gasteiger partial charge in [0.05, 0.1) is 5.57 Å². The van der Waals surface area contributed by atoms with Crippen LogP contribution in [0.2, 0.25) is 5.02 Å². The Balaban J connectivity index is 2.43. The van der Waals surface area contributed by atoms with Crippen LogP contribution < -0.4 is 0 Å². The molecule has 0 aliphatic heterocycles. The van der Waals surface area contributed by atoms with Crippen molar-refractivity contribution in [1.29, 1.82) is 0 Å².